The van der Waals surface area contributed by atoms with E-state index in [1.165, 1.54) is 29.8 Å². The molecule has 1 N–H and O–H groups in total. The third-order valence-electron chi connectivity index (χ3n) is 4.24. The van der Waals surface area contributed by atoms with E-state index < -0.39 is 33.4 Å². The number of sulfonamides is 1. The first-order chi connectivity index (χ1) is 11.2. The molecule has 9 heteroatoms. The van der Waals surface area contributed by atoms with E-state index in [0.29, 0.717) is 5.52 Å². The smallest absolute Gasteiger partial charge is 0.296 e. The molecule has 1 aliphatic carbocycles. The van der Waals surface area contributed by atoms with Crippen LogP contribution in [0.3, 0.4) is 0 Å². The van der Waals surface area contributed by atoms with E-state index in [-0.39, 0.29) is 10.3 Å². The Balaban J connectivity index is 2.23. The van der Waals surface area contributed by atoms with Crippen LogP contribution in [0.2, 0.25) is 0 Å². The SMILES string of the molecule is Cn1c(=O)n(CC#N)c(=O)c2cc(S(=O)(=O)NC3(C)CC3)ccc21. The van der Waals surface area contributed by atoms with Crippen molar-refractivity contribution in [3.05, 3.63) is 39.0 Å². The number of fused-ring (bicyclic) bond motifs is 1. The number of nitriles is 1. The Bertz CT molecular complexity index is 1100. The number of aromatic nitrogens is 2. The van der Waals surface area contributed by atoms with Crippen molar-refractivity contribution in [1.82, 2.24) is 13.9 Å². The van der Waals surface area contributed by atoms with Gasteiger partial charge >= 0.3 is 5.69 Å². The highest BCUT2D eigenvalue weighted by Gasteiger charge is 2.41. The van der Waals surface area contributed by atoms with Gasteiger partial charge in [0.15, 0.2) is 0 Å². The van der Waals surface area contributed by atoms with Gasteiger partial charge in [-0.1, -0.05) is 0 Å². The Kier molecular flexibility index (Phi) is 3.62. The summed E-state index contributed by atoms with van der Waals surface area (Å²) in [5, 5.41) is 8.87. The molecular formula is C15H16N4O4S. The molecule has 126 valence electrons. The number of hydrogen-bond donors (Lipinski definition) is 1. The summed E-state index contributed by atoms with van der Waals surface area (Å²) < 4.78 is 29.6. The summed E-state index contributed by atoms with van der Waals surface area (Å²) in [7, 11) is -2.29. The zero-order valence-corrected chi connectivity index (χ0v) is 14.1. The van der Waals surface area contributed by atoms with E-state index in [0.717, 1.165) is 17.4 Å². The lowest BCUT2D eigenvalue weighted by atomic mass is 10.2. The lowest BCUT2D eigenvalue weighted by Gasteiger charge is -2.13. The van der Waals surface area contributed by atoms with E-state index in [2.05, 4.69) is 4.72 Å². The first-order valence-corrected chi connectivity index (χ1v) is 8.81. The summed E-state index contributed by atoms with van der Waals surface area (Å²) in [6.07, 6.45) is 1.53. The second-order valence-electron chi connectivity index (χ2n) is 6.24. The van der Waals surface area contributed by atoms with Gasteiger partial charge in [0.1, 0.15) is 6.54 Å². The van der Waals surface area contributed by atoms with Crippen LogP contribution in [0.1, 0.15) is 19.8 Å². The monoisotopic (exact) mass is 348 g/mol. The maximum absolute atomic E-state index is 12.5. The van der Waals surface area contributed by atoms with Gasteiger partial charge in [-0.15, -0.1) is 0 Å². The van der Waals surface area contributed by atoms with Crippen LogP contribution in [-0.4, -0.2) is 23.1 Å². The van der Waals surface area contributed by atoms with Gasteiger partial charge in [0.2, 0.25) is 10.0 Å². The van der Waals surface area contributed by atoms with Crippen LogP contribution in [0.5, 0.6) is 0 Å². The lowest BCUT2D eigenvalue weighted by molar-refractivity contribution is 0.558. The van der Waals surface area contributed by atoms with Gasteiger partial charge in [0.05, 0.1) is 21.9 Å². The summed E-state index contributed by atoms with van der Waals surface area (Å²) in [5.41, 5.74) is -1.41. The molecule has 0 aliphatic heterocycles. The summed E-state index contributed by atoms with van der Waals surface area (Å²) in [5.74, 6) is 0. The van der Waals surface area contributed by atoms with E-state index in [4.69, 9.17) is 5.26 Å². The molecule has 1 fully saturated rings. The van der Waals surface area contributed by atoms with Crippen molar-refractivity contribution in [2.45, 2.75) is 36.7 Å². The highest BCUT2D eigenvalue weighted by Crippen LogP contribution is 2.36. The average Bonchev–Trinajstić information content (AvgIpc) is 3.25. The van der Waals surface area contributed by atoms with Crippen LogP contribution in [0.15, 0.2) is 32.7 Å². The molecule has 2 aromatic rings. The number of nitrogens with one attached hydrogen (secondary N) is 1. The fraction of sp³-hybridized carbons (Fsp3) is 0.400. The third-order valence-corrected chi connectivity index (χ3v) is 5.88. The van der Waals surface area contributed by atoms with Gasteiger partial charge in [-0.25, -0.2) is 22.5 Å². The van der Waals surface area contributed by atoms with Crippen molar-refractivity contribution in [1.29, 1.82) is 5.26 Å². The molecule has 1 aliphatic rings. The Morgan fingerprint density at radius 3 is 2.58 bits per heavy atom. The minimum atomic E-state index is -3.76. The molecular weight excluding hydrogens is 332 g/mol. The van der Waals surface area contributed by atoms with Gasteiger partial charge in [-0.3, -0.25) is 9.36 Å². The molecule has 8 nitrogen and oxygen atoms in total. The van der Waals surface area contributed by atoms with Gasteiger partial charge in [-0.2, -0.15) is 5.26 Å². The standard InChI is InChI=1S/C15H16N4O4S/c1-15(5-6-15)17-24(22,23)10-3-4-12-11(9-10)13(20)19(8-7-16)14(21)18(12)2/h3-4,9,17H,5-6,8H2,1-2H3. The van der Waals surface area contributed by atoms with Gasteiger partial charge in [0, 0.05) is 12.6 Å². The summed E-state index contributed by atoms with van der Waals surface area (Å²) in [4.78, 5) is 24.5. The Morgan fingerprint density at radius 2 is 2.00 bits per heavy atom. The first-order valence-electron chi connectivity index (χ1n) is 7.33. The van der Waals surface area contributed by atoms with E-state index in [1.807, 2.05) is 6.92 Å². The van der Waals surface area contributed by atoms with Crippen LogP contribution in [0, 0.1) is 11.3 Å². The minimum absolute atomic E-state index is 0.0395. The summed E-state index contributed by atoms with van der Waals surface area (Å²) >= 11 is 0. The highest BCUT2D eigenvalue weighted by molar-refractivity contribution is 7.89. The van der Waals surface area contributed by atoms with Crippen LogP contribution >= 0.6 is 0 Å². The average molecular weight is 348 g/mol. The van der Waals surface area contributed by atoms with Crippen molar-refractivity contribution in [2.24, 2.45) is 7.05 Å². The molecule has 0 amide bonds. The molecule has 3 rings (SSSR count). The summed E-state index contributed by atoms with van der Waals surface area (Å²) in [6.45, 7) is 1.42. The molecule has 1 heterocycles. The summed E-state index contributed by atoms with van der Waals surface area (Å²) in [6, 6.07) is 5.80. The topological polar surface area (TPSA) is 114 Å². The van der Waals surface area contributed by atoms with Crippen LogP contribution in [0.25, 0.3) is 10.9 Å². The number of benzene rings is 1. The molecule has 0 radical (unpaired) electrons. The fourth-order valence-electron chi connectivity index (χ4n) is 2.55. The Hall–Kier alpha value is -2.44. The maximum Gasteiger partial charge on any atom is 0.332 e. The molecule has 0 saturated heterocycles. The predicted octanol–water partition coefficient (Wildman–Crippen LogP) is 0.0546. The quantitative estimate of drug-likeness (QED) is 0.839. The normalized spacial score (nSPS) is 16.0. The molecule has 0 spiro atoms. The Morgan fingerprint density at radius 1 is 1.33 bits per heavy atom. The van der Waals surface area contributed by atoms with E-state index in [1.54, 1.807) is 6.07 Å². The second kappa shape index (κ2) is 5.29. The second-order valence-corrected chi connectivity index (χ2v) is 7.92. The van der Waals surface area contributed by atoms with Crippen molar-refractivity contribution < 1.29 is 8.42 Å². The highest BCUT2D eigenvalue weighted by atomic mass is 32.2. The lowest BCUT2D eigenvalue weighted by Crippen LogP contribution is -2.39. The maximum atomic E-state index is 12.5. The Labute approximate surface area is 138 Å². The predicted molar refractivity (Wildman–Crippen MR) is 87.0 cm³/mol. The van der Waals surface area contributed by atoms with Crippen molar-refractivity contribution >= 4 is 20.9 Å². The molecule has 1 aromatic carbocycles. The molecule has 0 atom stereocenters. The number of aryl methyl sites for hydroxylation is 1. The van der Waals surface area contributed by atoms with Gasteiger partial charge in [0.25, 0.3) is 5.56 Å². The molecule has 1 aromatic heterocycles. The van der Waals surface area contributed by atoms with Crippen LogP contribution in [-0.2, 0) is 23.6 Å². The largest absolute Gasteiger partial charge is 0.332 e. The number of hydrogen-bond acceptors (Lipinski definition) is 5. The van der Waals surface area contributed by atoms with Crippen LogP contribution in [0.4, 0.5) is 0 Å². The van der Waals surface area contributed by atoms with Crippen LogP contribution < -0.4 is 16.0 Å². The molecule has 1 saturated carbocycles. The molecule has 0 bridgehead atoms. The first kappa shape index (κ1) is 16.4. The third kappa shape index (κ3) is 2.64. The van der Waals surface area contributed by atoms with Crippen molar-refractivity contribution in [3.63, 3.8) is 0 Å². The molecule has 0 unspecified atom stereocenters. The van der Waals surface area contributed by atoms with Crippen molar-refractivity contribution in [2.75, 3.05) is 0 Å². The zero-order valence-electron chi connectivity index (χ0n) is 13.2. The van der Waals surface area contributed by atoms with Gasteiger partial charge in [-0.05, 0) is 38.0 Å². The number of nitrogens with zero attached hydrogens (tertiary/aromatic N) is 3. The van der Waals surface area contributed by atoms with E-state index in [9.17, 15) is 18.0 Å². The van der Waals surface area contributed by atoms with Gasteiger partial charge < -0.3 is 0 Å². The zero-order chi connectivity index (χ0) is 17.7. The van der Waals surface area contributed by atoms with E-state index >= 15 is 0 Å². The fourth-order valence-corrected chi connectivity index (χ4v) is 4.04. The number of rotatable bonds is 4. The van der Waals surface area contributed by atoms with Crippen molar-refractivity contribution in [3.8, 4) is 6.07 Å². The molecule has 24 heavy (non-hydrogen) atoms. The minimum Gasteiger partial charge on any atom is -0.296 e.